The van der Waals surface area contributed by atoms with Crippen LogP contribution in [0.1, 0.15) is 20.8 Å². The first kappa shape index (κ1) is 19.7. The molecule has 3 aromatic rings. The van der Waals surface area contributed by atoms with Crippen LogP contribution >= 0.6 is 11.3 Å². The molecule has 0 fully saturated rings. The first-order valence-corrected chi connectivity index (χ1v) is 9.24. The Kier molecular flexibility index (Phi) is 5.55. The van der Waals surface area contributed by atoms with E-state index in [4.69, 9.17) is 14.2 Å². The van der Waals surface area contributed by atoms with E-state index < -0.39 is 0 Å². The van der Waals surface area contributed by atoms with Crippen LogP contribution in [0.25, 0.3) is 10.2 Å². The van der Waals surface area contributed by atoms with Crippen molar-refractivity contribution in [3.8, 4) is 17.2 Å². The van der Waals surface area contributed by atoms with Crippen molar-refractivity contribution < 1.29 is 19.0 Å². The van der Waals surface area contributed by atoms with Crippen molar-refractivity contribution in [3.05, 3.63) is 44.8 Å². The van der Waals surface area contributed by atoms with E-state index in [-0.39, 0.29) is 18.0 Å². The molecule has 0 radical (unpaired) electrons. The van der Waals surface area contributed by atoms with Crippen molar-refractivity contribution >= 4 is 27.5 Å². The maximum absolute atomic E-state index is 12.7. The second-order valence-electron chi connectivity index (χ2n) is 6.11. The molecule has 0 atom stereocenters. The molecule has 0 aliphatic carbocycles. The second-order valence-corrected chi connectivity index (χ2v) is 7.11. The number of nitrogens with one attached hydrogen (secondary N) is 1. The average molecular weight is 403 g/mol. The van der Waals surface area contributed by atoms with Crippen LogP contribution in [0.2, 0.25) is 0 Å². The zero-order valence-corrected chi connectivity index (χ0v) is 17.1. The van der Waals surface area contributed by atoms with E-state index in [2.05, 4.69) is 10.3 Å². The van der Waals surface area contributed by atoms with Gasteiger partial charge in [0.25, 0.3) is 11.5 Å². The summed E-state index contributed by atoms with van der Waals surface area (Å²) in [6, 6.07) is 3.55. The maximum Gasteiger partial charge on any atom is 0.262 e. The van der Waals surface area contributed by atoms with Gasteiger partial charge in [0.1, 0.15) is 4.83 Å². The first-order valence-electron chi connectivity index (χ1n) is 8.43. The fraction of sp³-hybridized carbons (Fsp3) is 0.316. The minimum absolute atomic E-state index is 0.164. The molecule has 0 unspecified atom stereocenters. The first-order chi connectivity index (χ1) is 13.4. The summed E-state index contributed by atoms with van der Waals surface area (Å²) in [4.78, 5) is 30.3. The number of fused-ring (bicyclic) bond motifs is 1. The van der Waals surface area contributed by atoms with Gasteiger partial charge in [-0.05, 0) is 30.2 Å². The maximum atomic E-state index is 12.7. The van der Waals surface area contributed by atoms with Crippen LogP contribution in [0.5, 0.6) is 17.2 Å². The Labute approximate surface area is 165 Å². The molecule has 1 amide bonds. The standard InChI is InChI=1S/C19H21N3O5S/c1-10-14-18(21-9-22(2)19(14)24)28-16(10)17(23)20-8-11-6-12(25-3)15(27-5)13(7-11)26-4/h6-7,9H,8H2,1-5H3,(H,20,23). The topological polar surface area (TPSA) is 91.7 Å². The Morgan fingerprint density at radius 3 is 2.39 bits per heavy atom. The Bertz CT molecular complexity index is 1080. The zero-order valence-electron chi connectivity index (χ0n) is 16.3. The Morgan fingerprint density at radius 1 is 1.18 bits per heavy atom. The summed E-state index contributed by atoms with van der Waals surface area (Å²) in [7, 11) is 6.24. The highest BCUT2D eigenvalue weighted by Gasteiger charge is 2.19. The molecular formula is C19H21N3O5S. The molecule has 1 aromatic carbocycles. The van der Waals surface area contributed by atoms with Crippen molar-refractivity contribution in [2.24, 2.45) is 7.05 Å². The summed E-state index contributed by atoms with van der Waals surface area (Å²) < 4.78 is 17.4. The van der Waals surface area contributed by atoms with Gasteiger partial charge in [0.15, 0.2) is 11.5 Å². The molecule has 9 heteroatoms. The van der Waals surface area contributed by atoms with Crippen LogP contribution in [0.3, 0.4) is 0 Å². The van der Waals surface area contributed by atoms with E-state index in [0.29, 0.717) is 37.9 Å². The van der Waals surface area contributed by atoms with E-state index in [1.54, 1.807) is 26.1 Å². The Hall–Kier alpha value is -3.07. The molecule has 0 aliphatic heterocycles. The van der Waals surface area contributed by atoms with Gasteiger partial charge in [-0.25, -0.2) is 4.98 Å². The number of hydrogen-bond donors (Lipinski definition) is 1. The highest BCUT2D eigenvalue weighted by atomic mass is 32.1. The van der Waals surface area contributed by atoms with Crippen LogP contribution in [-0.2, 0) is 13.6 Å². The smallest absolute Gasteiger partial charge is 0.262 e. The van der Waals surface area contributed by atoms with Gasteiger partial charge in [-0.3, -0.25) is 9.59 Å². The van der Waals surface area contributed by atoms with Gasteiger partial charge in [-0.1, -0.05) is 0 Å². The van der Waals surface area contributed by atoms with Crippen molar-refractivity contribution in [3.63, 3.8) is 0 Å². The average Bonchev–Trinajstić information content (AvgIpc) is 3.05. The number of amides is 1. The van der Waals surface area contributed by atoms with Crippen molar-refractivity contribution in [1.29, 1.82) is 0 Å². The summed E-state index contributed by atoms with van der Waals surface area (Å²) in [6.07, 6.45) is 1.46. The fourth-order valence-corrected chi connectivity index (χ4v) is 3.98. The minimum Gasteiger partial charge on any atom is -0.493 e. The van der Waals surface area contributed by atoms with Crippen molar-refractivity contribution in [2.45, 2.75) is 13.5 Å². The molecule has 0 saturated carbocycles. The van der Waals surface area contributed by atoms with E-state index >= 15 is 0 Å². The van der Waals surface area contributed by atoms with Gasteiger partial charge in [0, 0.05) is 13.6 Å². The fourth-order valence-electron chi connectivity index (χ4n) is 2.93. The summed E-state index contributed by atoms with van der Waals surface area (Å²) in [5, 5.41) is 3.35. The van der Waals surface area contributed by atoms with Crippen LogP contribution in [0.15, 0.2) is 23.3 Å². The van der Waals surface area contributed by atoms with Gasteiger partial charge in [0.05, 0.1) is 37.9 Å². The number of thiophene rings is 1. The number of aromatic nitrogens is 2. The Balaban J connectivity index is 1.87. The normalized spacial score (nSPS) is 10.8. The largest absolute Gasteiger partial charge is 0.493 e. The minimum atomic E-state index is -0.267. The summed E-state index contributed by atoms with van der Waals surface area (Å²) in [5.41, 5.74) is 1.26. The lowest BCUT2D eigenvalue weighted by atomic mass is 10.1. The number of nitrogens with zero attached hydrogens (tertiary/aromatic N) is 2. The molecule has 1 N–H and O–H groups in total. The number of benzene rings is 1. The number of carbonyl (C=O) groups is 1. The molecular weight excluding hydrogens is 382 g/mol. The quantitative estimate of drug-likeness (QED) is 0.679. The van der Waals surface area contributed by atoms with E-state index in [1.807, 2.05) is 0 Å². The number of rotatable bonds is 6. The van der Waals surface area contributed by atoms with Gasteiger partial charge in [0.2, 0.25) is 5.75 Å². The Morgan fingerprint density at radius 2 is 1.82 bits per heavy atom. The second kappa shape index (κ2) is 7.89. The number of methoxy groups -OCH3 is 3. The lowest BCUT2D eigenvalue weighted by Gasteiger charge is -2.14. The third-order valence-electron chi connectivity index (χ3n) is 4.39. The van der Waals surface area contributed by atoms with Gasteiger partial charge in [-0.2, -0.15) is 0 Å². The van der Waals surface area contributed by atoms with Crippen LogP contribution in [0, 0.1) is 6.92 Å². The SMILES string of the molecule is COc1cc(CNC(=O)c2sc3ncn(C)c(=O)c3c2C)cc(OC)c1OC. The molecule has 3 rings (SSSR count). The molecule has 0 saturated heterocycles. The van der Waals surface area contributed by atoms with E-state index in [9.17, 15) is 9.59 Å². The van der Waals surface area contributed by atoms with Gasteiger partial charge in [-0.15, -0.1) is 11.3 Å². The highest BCUT2D eigenvalue weighted by molar-refractivity contribution is 7.20. The lowest BCUT2D eigenvalue weighted by molar-refractivity contribution is 0.0954. The molecule has 8 nitrogen and oxygen atoms in total. The van der Waals surface area contributed by atoms with Gasteiger partial charge < -0.3 is 24.1 Å². The van der Waals surface area contributed by atoms with Crippen LogP contribution < -0.4 is 25.1 Å². The summed E-state index contributed by atoms with van der Waals surface area (Å²) in [5.74, 6) is 1.24. The van der Waals surface area contributed by atoms with Crippen LogP contribution in [0.4, 0.5) is 0 Å². The molecule has 2 heterocycles. The van der Waals surface area contributed by atoms with E-state index in [0.717, 1.165) is 5.56 Å². The monoisotopic (exact) mass is 403 g/mol. The van der Waals surface area contributed by atoms with E-state index in [1.165, 1.54) is 43.6 Å². The molecule has 28 heavy (non-hydrogen) atoms. The molecule has 2 aromatic heterocycles. The number of hydrogen-bond acceptors (Lipinski definition) is 7. The summed E-state index contributed by atoms with van der Waals surface area (Å²) in [6.45, 7) is 2.02. The zero-order chi connectivity index (χ0) is 20.4. The number of carbonyl (C=O) groups excluding carboxylic acids is 1. The third kappa shape index (κ3) is 3.40. The predicted molar refractivity (Wildman–Crippen MR) is 107 cm³/mol. The lowest BCUT2D eigenvalue weighted by Crippen LogP contribution is -2.23. The van der Waals surface area contributed by atoms with Crippen molar-refractivity contribution in [1.82, 2.24) is 14.9 Å². The molecule has 0 aliphatic rings. The third-order valence-corrected chi connectivity index (χ3v) is 5.59. The predicted octanol–water partition coefficient (Wildman–Crippen LogP) is 2.26. The highest BCUT2D eigenvalue weighted by Crippen LogP contribution is 2.38. The number of aryl methyl sites for hydroxylation is 2. The van der Waals surface area contributed by atoms with Crippen molar-refractivity contribution in [2.75, 3.05) is 21.3 Å². The summed E-state index contributed by atoms with van der Waals surface area (Å²) >= 11 is 1.21. The molecule has 0 bridgehead atoms. The van der Waals surface area contributed by atoms with Crippen LogP contribution in [-0.4, -0.2) is 36.8 Å². The molecule has 148 valence electrons. The molecule has 0 spiro atoms. The number of ether oxygens (including phenoxy) is 3. The van der Waals surface area contributed by atoms with Gasteiger partial charge >= 0.3 is 0 Å².